The van der Waals surface area contributed by atoms with E-state index in [0.717, 1.165) is 42.8 Å². The Kier molecular flexibility index (Phi) is 6.30. The van der Waals surface area contributed by atoms with Crippen molar-refractivity contribution >= 4 is 20.4 Å². The minimum Gasteiger partial charge on any atom is -0.409 e. The van der Waals surface area contributed by atoms with Crippen LogP contribution in [0.2, 0.25) is 18.1 Å². The van der Waals surface area contributed by atoms with Crippen LogP contribution < -0.4 is 0 Å². The van der Waals surface area contributed by atoms with E-state index in [4.69, 9.17) is 4.43 Å². The molecule has 1 saturated carbocycles. The molecule has 0 spiro atoms. The van der Waals surface area contributed by atoms with Crippen LogP contribution in [0.3, 0.4) is 0 Å². The minimum atomic E-state index is -1.86. The zero-order valence-electron chi connectivity index (χ0n) is 14.5. The van der Waals surface area contributed by atoms with Crippen molar-refractivity contribution in [1.29, 1.82) is 0 Å². The van der Waals surface area contributed by atoms with Gasteiger partial charge in [0, 0.05) is 17.9 Å². The summed E-state index contributed by atoms with van der Waals surface area (Å²) in [6.45, 7) is 6.58. The third-order valence-electron chi connectivity index (χ3n) is 5.46. The van der Waals surface area contributed by atoms with Crippen molar-refractivity contribution in [3.8, 4) is 0 Å². The normalized spacial score (nSPS) is 19.8. The zero-order valence-corrected chi connectivity index (χ0v) is 15.5. The summed E-state index contributed by atoms with van der Waals surface area (Å²) in [5.41, 5.74) is 1.55. The topological polar surface area (TPSA) is 43.4 Å². The van der Waals surface area contributed by atoms with E-state index in [9.17, 15) is 9.59 Å². The van der Waals surface area contributed by atoms with Crippen LogP contribution in [0.5, 0.6) is 0 Å². The van der Waals surface area contributed by atoms with E-state index in [1.807, 2.05) is 24.3 Å². The first-order valence-corrected chi connectivity index (χ1v) is 11.4. The molecule has 3 nitrogen and oxygen atoms in total. The number of carbonyl (C=O) groups excluding carboxylic acids is 2. The maximum absolute atomic E-state index is 12.4. The van der Waals surface area contributed by atoms with Crippen LogP contribution in [-0.2, 0) is 9.22 Å². The molecule has 1 fully saturated rings. The number of carbonyl (C=O) groups is 2. The number of hydrogen-bond acceptors (Lipinski definition) is 3. The Hall–Kier alpha value is -1.26. The van der Waals surface area contributed by atoms with Crippen molar-refractivity contribution in [2.24, 2.45) is 5.92 Å². The van der Waals surface area contributed by atoms with Gasteiger partial charge in [-0.1, -0.05) is 45.0 Å². The van der Waals surface area contributed by atoms with Crippen LogP contribution in [0.15, 0.2) is 24.3 Å². The van der Waals surface area contributed by atoms with Crippen LogP contribution in [0.1, 0.15) is 62.1 Å². The monoisotopic (exact) mass is 332 g/mol. The van der Waals surface area contributed by atoms with E-state index in [-0.39, 0.29) is 12.0 Å². The molecule has 23 heavy (non-hydrogen) atoms. The fourth-order valence-electron chi connectivity index (χ4n) is 3.67. The number of benzene rings is 1. The molecule has 126 valence electrons. The molecule has 0 N–H and O–H groups in total. The largest absolute Gasteiger partial charge is 0.409 e. The van der Waals surface area contributed by atoms with Crippen molar-refractivity contribution in [1.82, 2.24) is 0 Å². The molecule has 1 aromatic carbocycles. The first kappa shape index (κ1) is 18.1. The van der Waals surface area contributed by atoms with Gasteiger partial charge in [0.2, 0.25) is 0 Å². The summed E-state index contributed by atoms with van der Waals surface area (Å²) in [6, 6.07) is 10.7. The summed E-state index contributed by atoms with van der Waals surface area (Å²) in [4.78, 5) is 23.9. The quantitative estimate of drug-likeness (QED) is 0.501. The Balaban J connectivity index is 2.43. The van der Waals surface area contributed by atoms with Crippen LogP contribution in [0.4, 0.5) is 0 Å². The highest BCUT2D eigenvalue weighted by Gasteiger charge is 2.40. The average molecular weight is 333 g/mol. The van der Waals surface area contributed by atoms with E-state index >= 15 is 0 Å². The van der Waals surface area contributed by atoms with Crippen LogP contribution >= 0.6 is 0 Å². The smallest absolute Gasteiger partial charge is 0.192 e. The highest BCUT2D eigenvalue weighted by atomic mass is 28.4. The molecule has 0 aliphatic heterocycles. The molecule has 0 radical (unpaired) electrons. The van der Waals surface area contributed by atoms with E-state index in [1.54, 1.807) is 0 Å². The molecular weight excluding hydrogens is 304 g/mol. The predicted molar refractivity (Wildman–Crippen MR) is 95.2 cm³/mol. The summed E-state index contributed by atoms with van der Waals surface area (Å²) in [6.07, 6.45) is 3.09. The van der Waals surface area contributed by atoms with Gasteiger partial charge in [-0.25, -0.2) is 0 Å². The molecule has 2 rings (SSSR count). The third kappa shape index (κ3) is 3.81. The summed E-state index contributed by atoms with van der Waals surface area (Å²) in [5.74, 6) is 0.203. The molecule has 0 amide bonds. The Labute approximate surface area is 140 Å². The lowest BCUT2D eigenvalue weighted by Gasteiger charge is -2.36. The average Bonchev–Trinajstić information content (AvgIpc) is 3.03. The fourth-order valence-corrected chi connectivity index (χ4v) is 6.50. The van der Waals surface area contributed by atoms with E-state index in [2.05, 4.69) is 20.8 Å². The van der Waals surface area contributed by atoms with Crippen molar-refractivity contribution in [2.75, 3.05) is 0 Å². The van der Waals surface area contributed by atoms with E-state index < -0.39 is 8.32 Å². The molecule has 1 aliphatic carbocycles. The van der Waals surface area contributed by atoms with Gasteiger partial charge in [0.05, 0.1) is 6.10 Å². The van der Waals surface area contributed by atoms with Gasteiger partial charge in [-0.05, 0) is 36.5 Å². The highest BCUT2D eigenvalue weighted by molar-refractivity contribution is 6.73. The van der Waals surface area contributed by atoms with Crippen molar-refractivity contribution in [2.45, 2.75) is 64.3 Å². The lowest BCUT2D eigenvalue weighted by molar-refractivity contribution is -0.123. The standard InChI is InChI=1S/C19H28O3Si/c1-4-23(5-2,6-3)22-19(17-12-9-13-18(17)21)16-11-8-7-10-15(16)14-20/h7-8,10-11,14,17,19H,4-6,9,12-13H2,1-3H3/t17-,19+/m0/s1. The zero-order chi connectivity index (χ0) is 16.9. The van der Waals surface area contributed by atoms with Crippen LogP contribution in [0, 0.1) is 5.92 Å². The van der Waals surface area contributed by atoms with Gasteiger partial charge in [-0.3, -0.25) is 9.59 Å². The molecule has 0 aromatic heterocycles. The van der Waals surface area contributed by atoms with Crippen LogP contribution in [-0.4, -0.2) is 20.4 Å². The summed E-state index contributed by atoms with van der Waals surface area (Å²) < 4.78 is 6.73. The van der Waals surface area contributed by atoms with Gasteiger partial charge >= 0.3 is 0 Å². The first-order chi connectivity index (χ1) is 11.1. The Morgan fingerprint density at radius 2 is 1.87 bits per heavy atom. The number of hydrogen-bond donors (Lipinski definition) is 0. The molecule has 4 heteroatoms. The van der Waals surface area contributed by atoms with Crippen LogP contribution in [0.25, 0.3) is 0 Å². The summed E-state index contributed by atoms with van der Waals surface area (Å²) >= 11 is 0. The SMILES string of the molecule is CC[Si](CC)(CC)O[C@H](c1ccccc1C=O)[C@H]1CCCC1=O. The Morgan fingerprint density at radius 1 is 1.22 bits per heavy atom. The highest BCUT2D eigenvalue weighted by Crippen LogP contribution is 2.40. The van der Waals surface area contributed by atoms with E-state index in [1.165, 1.54) is 0 Å². The molecular formula is C19H28O3Si. The van der Waals surface area contributed by atoms with Crippen molar-refractivity contribution < 1.29 is 14.0 Å². The Morgan fingerprint density at radius 3 is 2.39 bits per heavy atom. The molecule has 1 aliphatic rings. The van der Waals surface area contributed by atoms with Gasteiger partial charge in [-0.15, -0.1) is 0 Å². The molecule has 1 aromatic rings. The Bertz CT molecular complexity index is 543. The van der Waals surface area contributed by atoms with Gasteiger partial charge in [0.15, 0.2) is 8.32 Å². The number of Topliss-reactive ketones (excluding diaryl/α,β-unsaturated/α-hetero) is 1. The maximum Gasteiger partial charge on any atom is 0.192 e. The fraction of sp³-hybridized carbons (Fsp3) is 0.579. The maximum atomic E-state index is 12.4. The van der Waals surface area contributed by atoms with Gasteiger partial charge in [-0.2, -0.15) is 0 Å². The second kappa shape index (κ2) is 8.02. The third-order valence-corrected chi connectivity index (χ3v) is 10.1. The number of rotatable bonds is 8. The second-order valence-electron chi connectivity index (χ2n) is 6.49. The minimum absolute atomic E-state index is 0.0902. The lowest BCUT2D eigenvalue weighted by Crippen LogP contribution is -2.40. The first-order valence-electron chi connectivity index (χ1n) is 8.85. The van der Waals surface area contributed by atoms with Crippen molar-refractivity contribution in [3.63, 3.8) is 0 Å². The number of aldehydes is 1. The predicted octanol–water partition coefficient (Wildman–Crippen LogP) is 4.93. The summed E-state index contributed by atoms with van der Waals surface area (Å²) in [7, 11) is -1.86. The van der Waals surface area contributed by atoms with Gasteiger partial charge < -0.3 is 4.43 Å². The molecule has 2 atom stereocenters. The second-order valence-corrected chi connectivity index (χ2v) is 11.2. The number of ketones is 1. The lowest BCUT2D eigenvalue weighted by atomic mass is 9.91. The molecule has 0 heterocycles. The molecule has 0 unspecified atom stereocenters. The van der Waals surface area contributed by atoms with Gasteiger partial charge in [0.25, 0.3) is 0 Å². The molecule has 0 saturated heterocycles. The van der Waals surface area contributed by atoms with Gasteiger partial charge in [0.1, 0.15) is 12.1 Å². The summed E-state index contributed by atoms with van der Waals surface area (Å²) in [5, 5.41) is 0. The van der Waals surface area contributed by atoms with E-state index in [0.29, 0.717) is 17.8 Å². The molecule has 0 bridgehead atoms. The van der Waals surface area contributed by atoms with Crippen molar-refractivity contribution in [3.05, 3.63) is 35.4 Å².